The summed E-state index contributed by atoms with van der Waals surface area (Å²) in [6, 6.07) is 0. The molecule has 0 aromatic carbocycles. The Hall–Kier alpha value is -0.0800. The number of ether oxygens (including phenoxy) is 1. The van der Waals surface area contributed by atoms with Gasteiger partial charge in [0.25, 0.3) is 0 Å². The fourth-order valence-corrected chi connectivity index (χ4v) is 3.02. The topological polar surface area (TPSA) is 21.3 Å². The van der Waals surface area contributed by atoms with Crippen molar-refractivity contribution in [1.29, 1.82) is 0 Å². The predicted octanol–water partition coefficient (Wildman–Crippen LogP) is 2.97. The molecule has 1 aliphatic heterocycles. The molecule has 0 amide bonds. The molecule has 1 saturated heterocycles. The first-order valence-electron chi connectivity index (χ1n) is 7.23. The normalized spacial score (nSPS) is 27.4. The summed E-state index contributed by atoms with van der Waals surface area (Å²) in [5, 5.41) is 3.60. The summed E-state index contributed by atoms with van der Waals surface area (Å²) in [7, 11) is 0. The number of hydrogen-bond donors (Lipinski definition) is 1. The maximum Gasteiger partial charge on any atom is 0.0495 e. The van der Waals surface area contributed by atoms with Gasteiger partial charge in [-0.25, -0.2) is 0 Å². The third kappa shape index (κ3) is 4.42. The molecule has 0 spiro atoms. The molecule has 0 radical (unpaired) electrons. The molecule has 0 bridgehead atoms. The molecule has 2 heteroatoms. The van der Waals surface area contributed by atoms with E-state index >= 15 is 0 Å². The highest BCUT2D eigenvalue weighted by Crippen LogP contribution is 2.25. The predicted molar refractivity (Wildman–Crippen MR) is 67.6 cm³/mol. The Kier molecular flexibility index (Phi) is 5.64. The van der Waals surface area contributed by atoms with Crippen LogP contribution in [0, 0.1) is 11.8 Å². The minimum atomic E-state index is 0.835. The van der Waals surface area contributed by atoms with Crippen LogP contribution in [-0.2, 0) is 4.74 Å². The minimum Gasteiger partial charge on any atom is -0.381 e. The molecule has 1 aliphatic carbocycles. The Morgan fingerprint density at radius 3 is 2.31 bits per heavy atom. The largest absolute Gasteiger partial charge is 0.381 e. The van der Waals surface area contributed by atoms with Crippen molar-refractivity contribution in [2.24, 2.45) is 11.8 Å². The summed E-state index contributed by atoms with van der Waals surface area (Å²) in [6.07, 6.45) is 11.4. The van der Waals surface area contributed by atoms with Crippen molar-refractivity contribution >= 4 is 0 Å². The zero-order valence-electron chi connectivity index (χ0n) is 10.5. The van der Waals surface area contributed by atoms with Crippen LogP contribution < -0.4 is 5.32 Å². The van der Waals surface area contributed by atoms with E-state index < -0.39 is 0 Å². The molecule has 94 valence electrons. The first kappa shape index (κ1) is 12.4. The Labute approximate surface area is 100 Å². The van der Waals surface area contributed by atoms with Gasteiger partial charge in [-0.05, 0) is 44.2 Å². The third-order valence-corrected chi connectivity index (χ3v) is 4.21. The fourth-order valence-electron chi connectivity index (χ4n) is 3.02. The van der Waals surface area contributed by atoms with Gasteiger partial charge in [0.15, 0.2) is 0 Å². The van der Waals surface area contributed by atoms with Crippen LogP contribution >= 0.6 is 0 Å². The van der Waals surface area contributed by atoms with Crippen LogP contribution in [0.3, 0.4) is 0 Å². The first-order chi connectivity index (χ1) is 7.95. The van der Waals surface area contributed by atoms with E-state index in [-0.39, 0.29) is 0 Å². The maximum absolute atomic E-state index is 5.38. The van der Waals surface area contributed by atoms with Gasteiger partial charge in [0.05, 0.1) is 0 Å². The average molecular weight is 225 g/mol. The summed E-state index contributed by atoms with van der Waals surface area (Å²) in [6.45, 7) is 4.43. The molecule has 2 aliphatic rings. The highest BCUT2D eigenvalue weighted by molar-refractivity contribution is 4.68. The second-order valence-electron chi connectivity index (χ2n) is 5.56. The Morgan fingerprint density at radius 2 is 1.62 bits per heavy atom. The second kappa shape index (κ2) is 7.29. The summed E-state index contributed by atoms with van der Waals surface area (Å²) in [5.74, 6) is 1.86. The lowest BCUT2D eigenvalue weighted by atomic mass is 9.87. The lowest BCUT2D eigenvalue weighted by Crippen LogP contribution is -2.22. The number of hydrogen-bond acceptors (Lipinski definition) is 2. The lowest BCUT2D eigenvalue weighted by Gasteiger charge is -2.21. The highest BCUT2D eigenvalue weighted by Gasteiger charge is 2.15. The molecule has 2 rings (SSSR count). The molecular formula is C14H27NO. The Balaban J connectivity index is 1.42. The molecule has 1 heterocycles. The summed E-state index contributed by atoms with van der Waals surface area (Å²) < 4.78 is 5.38. The average Bonchev–Trinajstić information content (AvgIpc) is 2.83. The van der Waals surface area contributed by atoms with Gasteiger partial charge < -0.3 is 10.1 Å². The Bertz CT molecular complexity index is 172. The van der Waals surface area contributed by atoms with E-state index in [4.69, 9.17) is 4.74 Å². The van der Waals surface area contributed by atoms with Gasteiger partial charge in [0.1, 0.15) is 0 Å². The van der Waals surface area contributed by atoms with Gasteiger partial charge in [0, 0.05) is 13.2 Å². The van der Waals surface area contributed by atoms with E-state index in [9.17, 15) is 0 Å². The van der Waals surface area contributed by atoms with E-state index in [0.717, 1.165) is 25.0 Å². The van der Waals surface area contributed by atoms with E-state index in [1.54, 1.807) is 0 Å². The van der Waals surface area contributed by atoms with Gasteiger partial charge >= 0.3 is 0 Å². The summed E-state index contributed by atoms with van der Waals surface area (Å²) in [5.41, 5.74) is 0. The third-order valence-electron chi connectivity index (χ3n) is 4.21. The molecule has 2 nitrogen and oxygen atoms in total. The molecule has 1 atom stereocenters. The van der Waals surface area contributed by atoms with Gasteiger partial charge in [-0.15, -0.1) is 0 Å². The summed E-state index contributed by atoms with van der Waals surface area (Å²) >= 11 is 0. The van der Waals surface area contributed by atoms with E-state index in [1.165, 1.54) is 64.5 Å². The van der Waals surface area contributed by atoms with Crippen molar-refractivity contribution in [1.82, 2.24) is 5.32 Å². The minimum absolute atomic E-state index is 0.835. The molecule has 1 saturated carbocycles. The zero-order chi connectivity index (χ0) is 11.1. The molecule has 2 fully saturated rings. The van der Waals surface area contributed by atoms with Crippen LogP contribution in [0.25, 0.3) is 0 Å². The van der Waals surface area contributed by atoms with Crippen LogP contribution in [0.15, 0.2) is 0 Å². The van der Waals surface area contributed by atoms with Crippen molar-refractivity contribution in [3.63, 3.8) is 0 Å². The molecule has 0 aromatic heterocycles. The molecule has 1 N–H and O–H groups in total. The highest BCUT2D eigenvalue weighted by atomic mass is 16.5. The molecular weight excluding hydrogens is 198 g/mol. The van der Waals surface area contributed by atoms with E-state index in [1.807, 2.05) is 0 Å². The monoisotopic (exact) mass is 225 g/mol. The first-order valence-corrected chi connectivity index (χ1v) is 7.23. The van der Waals surface area contributed by atoms with Crippen molar-refractivity contribution in [2.75, 3.05) is 26.3 Å². The van der Waals surface area contributed by atoms with E-state index in [0.29, 0.717) is 0 Å². The smallest absolute Gasteiger partial charge is 0.0495 e. The molecule has 1 unspecified atom stereocenters. The lowest BCUT2D eigenvalue weighted by molar-refractivity contribution is 0.184. The van der Waals surface area contributed by atoms with E-state index in [2.05, 4.69) is 5.32 Å². The molecule has 16 heavy (non-hydrogen) atoms. The van der Waals surface area contributed by atoms with Crippen molar-refractivity contribution in [2.45, 2.75) is 51.4 Å². The fraction of sp³-hybridized carbons (Fsp3) is 1.00. The van der Waals surface area contributed by atoms with Crippen LogP contribution in [0.1, 0.15) is 51.4 Å². The van der Waals surface area contributed by atoms with Crippen molar-refractivity contribution in [3.8, 4) is 0 Å². The van der Waals surface area contributed by atoms with Crippen molar-refractivity contribution < 1.29 is 4.74 Å². The number of nitrogens with one attached hydrogen (secondary N) is 1. The second-order valence-corrected chi connectivity index (χ2v) is 5.56. The Morgan fingerprint density at radius 1 is 0.875 bits per heavy atom. The zero-order valence-corrected chi connectivity index (χ0v) is 10.5. The van der Waals surface area contributed by atoms with Gasteiger partial charge in [-0.2, -0.15) is 0 Å². The van der Waals surface area contributed by atoms with Crippen LogP contribution in [0.4, 0.5) is 0 Å². The van der Waals surface area contributed by atoms with Crippen LogP contribution in [0.5, 0.6) is 0 Å². The quantitative estimate of drug-likeness (QED) is 0.702. The molecule has 0 aromatic rings. The maximum atomic E-state index is 5.38. The van der Waals surface area contributed by atoms with Crippen LogP contribution in [-0.4, -0.2) is 26.3 Å². The summed E-state index contributed by atoms with van der Waals surface area (Å²) in [4.78, 5) is 0. The van der Waals surface area contributed by atoms with Crippen LogP contribution in [0.2, 0.25) is 0 Å². The van der Waals surface area contributed by atoms with Gasteiger partial charge in [-0.3, -0.25) is 0 Å². The SMILES string of the molecule is C1CCC(CCNCCC2CCOC2)CC1. The number of rotatable bonds is 6. The van der Waals surface area contributed by atoms with Gasteiger partial charge in [-0.1, -0.05) is 32.1 Å². The standard InChI is InChI=1S/C14H27NO/c1-2-4-13(5-3-1)6-9-15-10-7-14-8-11-16-12-14/h13-15H,1-12H2. The van der Waals surface area contributed by atoms with Gasteiger partial charge in [0.2, 0.25) is 0 Å². The van der Waals surface area contributed by atoms with Crippen molar-refractivity contribution in [3.05, 3.63) is 0 Å².